The number of hydrogen-bond donors (Lipinski definition) is 1. The molecule has 0 bridgehead atoms. The van der Waals surface area contributed by atoms with Gasteiger partial charge in [-0.15, -0.1) is 0 Å². The molecule has 0 heterocycles. The van der Waals surface area contributed by atoms with Gasteiger partial charge in [-0.05, 0) is 55.2 Å². The summed E-state index contributed by atoms with van der Waals surface area (Å²) in [6, 6.07) is 4.92. The van der Waals surface area contributed by atoms with Crippen LogP contribution in [0.25, 0.3) is 0 Å². The number of hydrogen-bond acceptors (Lipinski definition) is 1. The Morgan fingerprint density at radius 2 is 2.17 bits per heavy atom. The van der Waals surface area contributed by atoms with Crippen LogP contribution in [0.5, 0.6) is 0 Å². The van der Waals surface area contributed by atoms with Gasteiger partial charge in [0.1, 0.15) is 5.82 Å². The van der Waals surface area contributed by atoms with E-state index < -0.39 is 0 Å². The van der Waals surface area contributed by atoms with E-state index in [0.29, 0.717) is 5.92 Å². The Kier molecular flexibility index (Phi) is 3.98. The van der Waals surface area contributed by atoms with Crippen LogP contribution in [0.15, 0.2) is 18.2 Å². The molecule has 18 heavy (non-hydrogen) atoms. The van der Waals surface area contributed by atoms with Crippen LogP contribution in [-0.4, -0.2) is 5.54 Å². The molecule has 2 rings (SSSR count). The fraction of sp³-hybridized carbons (Fsp3) is 0.600. The minimum atomic E-state index is -0.364. The fourth-order valence-electron chi connectivity index (χ4n) is 3.01. The number of halogens is 2. The van der Waals surface area contributed by atoms with Crippen molar-refractivity contribution in [2.45, 2.75) is 45.1 Å². The summed E-state index contributed by atoms with van der Waals surface area (Å²) in [5, 5.41) is 0.188. The van der Waals surface area contributed by atoms with Crippen LogP contribution in [0.2, 0.25) is 5.02 Å². The van der Waals surface area contributed by atoms with Gasteiger partial charge in [0.05, 0.1) is 5.02 Å². The summed E-state index contributed by atoms with van der Waals surface area (Å²) in [5.74, 6) is 0.885. The average molecular weight is 270 g/mol. The summed E-state index contributed by atoms with van der Waals surface area (Å²) in [6.45, 7) is 4.51. The zero-order valence-electron chi connectivity index (χ0n) is 11.0. The summed E-state index contributed by atoms with van der Waals surface area (Å²) in [6.07, 6.45) is 4.16. The highest BCUT2D eigenvalue weighted by Gasteiger charge is 2.36. The molecule has 2 N–H and O–H groups in total. The molecule has 1 aliphatic carbocycles. The van der Waals surface area contributed by atoms with Crippen LogP contribution in [-0.2, 0) is 6.42 Å². The van der Waals surface area contributed by atoms with E-state index in [9.17, 15) is 4.39 Å². The lowest BCUT2D eigenvalue weighted by Gasteiger charge is -2.42. The molecule has 3 heteroatoms. The Bertz CT molecular complexity index is 435. The summed E-state index contributed by atoms with van der Waals surface area (Å²) in [4.78, 5) is 0. The van der Waals surface area contributed by atoms with Crippen molar-refractivity contribution < 1.29 is 4.39 Å². The van der Waals surface area contributed by atoms with Crippen LogP contribution < -0.4 is 5.73 Å². The van der Waals surface area contributed by atoms with Gasteiger partial charge in [0, 0.05) is 5.54 Å². The predicted molar refractivity (Wildman–Crippen MR) is 74.2 cm³/mol. The Hall–Kier alpha value is -0.600. The monoisotopic (exact) mass is 269 g/mol. The zero-order valence-corrected chi connectivity index (χ0v) is 11.8. The third kappa shape index (κ3) is 2.86. The normalized spacial score (nSPS) is 32.5. The van der Waals surface area contributed by atoms with Crippen molar-refractivity contribution in [3.8, 4) is 0 Å². The Morgan fingerprint density at radius 1 is 1.44 bits per heavy atom. The van der Waals surface area contributed by atoms with Gasteiger partial charge in [-0.1, -0.05) is 31.5 Å². The van der Waals surface area contributed by atoms with Gasteiger partial charge in [0.15, 0.2) is 0 Å². The first-order valence-electron chi connectivity index (χ1n) is 6.63. The first-order chi connectivity index (χ1) is 8.40. The molecular weight excluding hydrogens is 249 g/mol. The SMILES string of the molecule is CC1CCC(N)(Cc2ccc(F)c(Cl)c2)C(C)C1. The van der Waals surface area contributed by atoms with Crippen molar-refractivity contribution in [3.05, 3.63) is 34.6 Å². The van der Waals surface area contributed by atoms with Gasteiger partial charge in [-0.2, -0.15) is 0 Å². The summed E-state index contributed by atoms with van der Waals surface area (Å²) in [5.41, 5.74) is 7.41. The van der Waals surface area contributed by atoms with Gasteiger partial charge >= 0.3 is 0 Å². The van der Waals surface area contributed by atoms with Crippen molar-refractivity contribution in [2.75, 3.05) is 0 Å². The lowest BCUT2D eigenvalue weighted by molar-refractivity contribution is 0.163. The van der Waals surface area contributed by atoms with E-state index in [1.165, 1.54) is 18.9 Å². The second-order valence-electron chi connectivity index (χ2n) is 5.94. The highest BCUT2D eigenvalue weighted by Crippen LogP contribution is 2.37. The van der Waals surface area contributed by atoms with E-state index in [0.717, 1.165) is 24.3 Å². The van der Waals surface area contributed by atoms with Crippen LogP contribution in [0.3, 0.4) is 0 Å². The van der Waals surface area contributed by atoms with E-state index in [2.05, 4.69) is 13.8 Å². The Morgan fingerprint density at radius 3 is 2.78 bits per heavy atom. The van der Waals surface area contributed by atoms with Crippen molar-refractivity contribution in [3.63, 3.8) is 0 Å². The third-order valence-electron chi connectivity index (χ3n) is 4.36. The number of nitrogens with two attached hydrogens (primary N) is 1. The van der Waals surface area contributed by atoms with Crippen molar-refractivity contribution in [1.82, 2.24) is 0 Å². The molecule has 1 aromatic carbocycles. The lowest BCUT2D eigenvalue weighted by Crippen LogP contribution is -2.51. The van der Waals surface area contributed by atoms with Crippen LogP contribution >= 0.6 is 11.6 Å². The molecule has 3 atom stereocenters. The molecule has 0 radical (unpaired) electrons. The van der Waals surface area contributed by atoms with Gasteiger partial charge in [-0.3, -0.25) is 0 Å². The Balaban J connectivity index is 2.14. The molecule has 1 fully saturated rings. The maximum absolute atomic E-state index is 13.1. The molecule has 0 amide bonds. The predicted octanol–water partition coefficient (Wildman–Crippen LogP) is 4.18. The molecule has 1 aliphatic rings. The number of rotatable bonds is 2. The summed E-state index contributed by atoms with van der Waals surface area (Å²) < 4.78 is 13.1. The second kappa shape index (κ2) is 5.18. The van der Waals surface area contributed by atoms with Crippen LogP contribution in [0.1, 0.15) is 38.7 Å². The first kappa shape index (κ1) is 13.8. The highest BCUT2D eigenvalue weighted by atomic mass is 35.5. The summed E-state index contributed by atoms with van der Waals surface area (Å²) in [7, 11) is 0. The van der Waals surface area contributed by atoms with Crippen molar-refractivity contribution in [2.24, 2.45) is 17.6 Å². The van der Waals surface area contributed by atoms with Gasteiger partial charge in [0.25, 0.3) is 0 Å². The van der Waals surface area contributed by atoms with Gasteiger partial charge in [-0.25, -0.2) is 4.39 Å². The summed E-state index contributed by atoms with van der Waals surface area (Å²) >= 11 is 5.82. The maximum atomic E-state index is 13.1. The topological polar surface area (TPSA) is 26.0 Å². The lowest BCUT2D eigenvalue weighted by atomic mass is 9.68. The highest BCUT2D eigenvalue weighted by molar-refractivity contribution is 6.30. The molecule has 1 aromatic rings. The molecule has 1 nitrogen and oxygen atoms in total. The standard InChI is InChI=1S/C15H21ClFN/c1-10-5-6-15(18,11(2)7-10)9-12-3-4-14(17)13(16)8-12/h3-4,8,10-11H,5-7,9,18H2,1-2H3. The van der Waals surface area contributed by atoms with E-state index in [1.807, 2.05) is 0 Å². The maximum Gasteiger partial charge on any atom is 0.141 e. The molecular formula is C15H21ClFN. The molecule has 0 aliphatic heterocycles. The van der Waals surface area contributed by atoms with E-state index >= 15 is 0 Å². The molecule has 0 aromatic heterocycles. The third-order valence-corrected chi connectivity index (χ3v) is 4.65. The van der Waals surface area contributed by atoms with Crippen molar-refractivity contribution in [1.29, 1.82) is 0 Å². The van der Waals surface area contributed by atoms with E-state index in [-0.39, 0.29) is 16.4 Å². The van der Waals surface area contributed by atoms with Gasteiger partial charge in [0.2, 0.25) is 0 Å². The van der Waals surface area contributed by atoms with Crippen LogP contribution in [0.4, 0.5) is 4.39 Å². The number of benzene rings is 1. The fourth-order valence-corrected chi connectivity index (χ4v) is 3.21. The van der Waals surface area contributed by atoms with Crippen molar-refractivity contribution >= 4 is 11.6 Å². The minimum Gasteiger partial charge on any atom is -0.325 e. The van der Waals surface area contributed by atoms with Gasteiger partial charge < -0.3 is 5.73 Å². The van der Waals surface area contributed by atoms with Crippen LogP contribution in [0, 0.1) is 17.7 Å². The first-order valence-corrected chi connectivity index (χ1v) is 7.01. The van der Waals surface area contributed by atoms with E-state index in [1.54, 1.807) is 12.1 Å². The quantitative estimate of drug-likeness (QED) is 0.857. The average Bonchev–Trinajstić information content (AvgIpc) is 2.30. The molecule has 3 unspecified atom stereocenters. The van der Waals surface area contributed by atoms with E-state index in [4.69, 9.17) is 17.3 Å². The molecule has 0 spiro atoms. The Labute approximate surface area is 114 Å². The minimum absolute atomic E-state index is 0.173. The largest absolute Gasteiger partial charge is 0.325 e. The molecule has 1 saturated carbocycles. The molecule has 0 saturated heterocycles. The molecule has 100 valence electrons. The zero-order chi connectivity index (χ0) is 13.3. The smallest absolute Gasteiger partial charge is 0.141 e. The second-order valence-corrected chi connectivity index (χ2v) is 6.35.